The molecule has 0 radical (unpaired) electrons. The largest absolute Gasteiger partial charge is 0.330 e. The Morgan fingerprint density at radius 1 is 0.778 bits per heavy atom. The van der Waals surface area contributed by atoms with Crippen molar-refractivity contribution >= 4 is 0 Å². The van der Waals surface area contributed by atoms with E-state index < -0.39 is 0 Å². The lowest BCUT2D eigenvalue weighted by Gasteiger charge is -2.29. The Balaban J connectivity index is 1.79. The summed E-state index contributed by atoms with van der Waals surface area (Å²) < 4.78 is 0. The van der Waals surface area contributed by atoms with E-state index in [1.165, 1.54) is 6.42 Å². The van der Waals surface area contributed by atoms with Gasteiger partial charge in [0.15, 0.2) is 0 Å². The van der Waals surface area contributed by atoms with Crippen molar-refractivity contribution in [1.82, 2.24) is 4.90 Å². The van der Waals surface area contributed by atoms with Gasteiger partial charge in [-0.05, 0) is 25.9 Å². The highest BCUT2D eigenvalue weighted by Gasteiger charge is 2.44. The Hall–Kier alpha value is -1.12. The fourth-order valence-electron chi connectivity index (χ4n) is 3.54. The number of fused-ring (bicyclic) bond motifs is 3. The van der Waals surface area contributed by atoms with Gasteiger partial charge >= 0.3 is 0 Å². The smallest absolute Gasteiger partial charge is 0.0356 e. The van der Waals surface area contributed by atoms with Gasteiger partial charge in [0.1, 0.15) is 0 Å². The lowest BCUT2D eigenvalue weighted by molar-refractivity contribution is 0.231. The van der Waals surface area contributed by atoms with E-state index in [2.05, 4.69) is 53.5 Å². The molecule has 1 fully saturated rings. The zero-order chi connectivity index (χ0) is 12.4. The molecule has 0 saturated carbocycles. The zero-order valence-corrected chi connectivity index (χ0v) is 10.8. The molecule has 3 aliphatic rings. The van der Waals surface area contributed by atoms with Crippen LogP contribution in [0.3, 0.4) is 0 Å². The molecule has 1 saturated heterocycles. The third-order valence-corrected chi connectivity index (χ3v) is 4.37. The van der Waals surface area contributed by atoms with Crippen LogP contribution in [-0.4, -0.2) is 30.1 Å². The van der Waals surface area contributed by atoms with Gasteiger partial charge in [-0.1, -0.05) is 48.6 Å². The monoisotopic (exact) mass is 242 g/mol. The van der Waals surface area contributed by atoms with Crippen molar-refractivity contribution in [2.75, 3.05) is 13.1 Å². The van der Waals surface area contributed by atoms with Gasteiger partial charge in [0.25, 0.3) is 0 Å². The fourth-order valence-corrected chi connectivity index (χ4v) is 3.54. The number of allylic oxidation sites excluding steroid dienone is 4. The van der Waals surface area contributed by atoms with E-state index in [9.17, 15) is 0 Å². The Morgan fingerprint density at radius 3 is 1.89 bits per heavy atom. The molecule has 0 spiro atoms. The minimum absolute atomic E-state index is 0.579. The van der Waals surface area contributed by atoms with Crippen LogP contribution in [0, 0.1) is 11.8 Å². The maximum absolute atomic E-state index is 5.61. The second-order valence-corrected chi connectivity index (χ2v) is 5.41. The summed E-state index contributed by atoms with van der Waals surface area (Å²) in [4.78, 5) is 2.66. The predicted octanol–water partition coefficient (Wildman–Crippen LogP) is 2.26. The number of nitrogens with zero attached hydrogens (tertiary/aromatic N) is 1. The van der Waals surface area contributed by atoms with Crippen molar-refractivity contribution in [2.45, 2.75) is 24.9 Å². The van der Waals surface area contributed by atoms with Crippen LogP contribution in [0.25, 0.3) is 0 Å². The molecule has 2 nitrogen and oxygen atoms in total. The average molecular weight is 242 g/mol. The maximum Gasteiger partial charge on any atom is 0.0356 e. The van der Waals surface area contributed by atoms with Gasteiger partial charge < -0.3 is 5.73 Å². The number of likely N-dealkylation sites (tertiary alicyclic amines) is 1. The van der Waals surface area contributed by atoms with Crippen molar-refractivity contribution in [3.8, 4) is 0 Å². The Labute approximate surface area is 110 Å². The average Bonchev–Trinajstić information content (AvgIpc) is 2.74. The number of unbranched alkanes of at least 4 members (excludes halogenated alkanes) is 1. The van der Waals surface area contributed by atoms with Crippen molar-refractivity contribution in [2.24, 2.45) is 17.6 Å². The first-order chi connectivity index (χ1) is 8.92. The highest BCUT2D eigenvalue weighted by Crippen LogP contribution is 2.41. The lowest BCUT2D eigenvalue weighted by atomic mass is 9.83. The molecule has 0 aromatic carbocycles. The normalized spacial score (nSPS) is 36.9. The first kappa shape index (κ1) is 11.9. The molecule has 4 atom stereocenters. The molecule has 2 heteroatoms. The molecule has 0 aromatic rings. The molecular weight excluding hydrogens is 220 g/mol. The van der Waals surface area contributed by atoms with Crippen molar-refractivity contribution in [3.63, 3.8) is 0 Å². The van der Waals surface area contributed by atoms with Crippen LogP contribution < -0.4 is 5.73 Å². The van der Waals surface area contributed by atoms with Crippen LogP contribution in [0.4, 0.5) is 0 Å². The molecule has 0 bridgehead atoms. The van der Waals surface area contributed by atoms with Crippen LogP contribution in [-0.2, 0) is 0 Å². The summed E-state index contributed by atoms with van der Waals surface area (Å²) in [6.45, 7) is 1.97. The van der Waals surface area contributed by atoms with E-state index in [0.29, 0.717) is 23.9 Å². The molecule has 0 amide bonds. The summed E-state index contributed by atoms with van der Waals surface area (Å²) >= 11 is 0. The Kier molecular flexibility index (Phi) is 3.48. The number of nitrogens with two attached hydrogens (primary N) is 1. The molecule has 0 aromatic heterocycles. The molecule has 2 N–H and O–H groups in total. The molecule has 18 heavy (non-hydrogen) atoms. The first-order valence-corrected chi connectivity index (χ1v) is 7.07. The van der Waals surface area contributed by atoms with E-state index >= 15 is 0 Å². The molecule has 1 aliphatic heterocycles. The van der Waals surface area contributed by atoms with Gasteiger partial charge in [0.2, 0.25) is 0 Å². The third kappa shape index (κ3) is 2.00. The van der Waals surface area contributed by atoms with Crippen molar-refractivity contribution < 1.29 is 0 Å². The quantitative estimate of drug-likeness (QED) is 0.766. The second-order valence-electron chi connectivity index (χ2n) is 5.41. The van der Waals surface area contributed by atoms with E-state index in [-0.39, 0.29) is 0 Å². The van der Waals surface area contributed by atoms with Crippen LogP contribution in [0.2, 0.25) is 0 Å². The number of rotatable bonds is 4. The van der Waals surface area contributed by atoms with E-state index in [4.69, 9.17) is 5.73 Å². The fraction of sp³-hybridized carbons (Fsp3) is 0.500. The number of hydrogen-bond acceptors (Lipinski definition) is 2. The zero-order valence-electron chi connectivity index (χ0n) is 10.8. The van der Waals surface area contributed by atoms with Crippen molar-refractivity contribution in [3.05, 3.63) is 48.6 Å². The van der Waals surface area contributed by atoms with Crippen molar-refractivity contribution in [1.29, 1.82) is 0 Å². The number of hydrogen-bond donors (Lipinski definition) is 1. The van der Waals surface area contributed by atoms with Crippen LogP contribution >= 0.6 is 0 Å². The summed E-state index contributed by atoms with van der Waals surface area (Å²) in [6, 6.07) is 1.16. The van der Waals surface area contributed by atoms with Gasteiger partial charge in [-0.2, -0.15) is 0 Å². The molecule has 3 rings (SSSR count). The van der Waals surface area contributed by atoms with Gasteiger partial charge in [-0.3, -0.25) is 4.90 Å². The summed E-state index contributed by atoms with van der Waals surface area (Å²) in [5, 5.41) is 0. The van der Waals surface area contributed by atoms with Gasteiger partial charge in [-0.25, -0.2) is 0 Å². The minimum Gasteiger partial charge on any atom is -0.330 e. The van der Waals surface area contributed by atoms with Crippen LogP contribution in [0.15, 0.2) is 48.6 Å². The van der Waals surface area contributed by atoms with E-state index in [1.807, 2.05) is 0 Å². The van der Waals surface area contributed by atoms with Gasteiger partial charge in [0.05, 0.1) is 0 Å². The van der Waals surface area contributed by atoms with Gasteiger partial charge in [0, 0.05) is 23.9 Å². The molecule has 96 valence electrons. The Morgan fingerprint density at radius 2 is 1.33 bits per heavy atom. The minimum atomic E-state index is 0.579. The predicted molar refractivity (Wildman–Crippen MR) is 76.1 cm³/mol. The first-order valence-electron chi connectivity index (χ1n) is 7.07. The molecule has 4 unspecified atom stereocenters. The van der Waals surface area contributed by atoms with Crippen LogP contribution in [0.1, 0.15) is 12.8 Å². The summed E-state index contributed by atoms with van der Waals surface area (Å²) in [6.07, 6.45) is 20.6. The third-order valence-electron chi connectivity index (χ3n) is 4.37. The lowest BCUT2D eigenvalue weighted by Crippen LogP contribution is -2.37. The highest BCUT2D eigenvalue weighted by molar-refractivity contribution is 5.30. The molecule has 1 heterocycles. The Bertz CT molecular complexity index is 371. The van der Waals surface area contributed by atoms with Crippen LogP contribution in [0.5, 0.6) is 0 Å². The molecular formula is C16H22N2. The summed E-state index contributed by atoms with van der Waals surface area (Å²) in [5.74, 6) is 1.30. The SMILES string of the molecule is NCCCCN1C2C=CC=CC2C2C=CC=CC21. The summed E-state index contributed by atoms with van der Waals surface area (Å²) in [5.41, 5.74) is 5.61. The highest BCUT2D eigenvalue weighted by atomic mass is 15.2. The van der Waals surface area contributed by atoms with E-state index in [0.717, 1.165) is 19.5 Å². The maximum atomic E-state index is 5.61. The van der Waals surface area contributed by atoms with E-state index in [1.54, 1.807) is 0 Å². The molecule has 2 aliphatic carbocycles. The topological polar surface area (TPSA) is 29.3 Å². The summed E-state index contributed by atoms with van der Waals surface area (Å²) in [7, 11) is 0. The second kappa shape index (κ2) is 5.25. The standard InChI is InChI=1S/C16H22N2/c17-11-5-6-12-18-15-9-3-1-7-13(15)14-8-2-4-10-16(14)18/h1-4,7-10,13-16H,5-6,11-12,17H2. The van der Waals surface area contributed by atoms with Gasteiger partial charge in [-0.15, -0.1) is 0 Å².